The van der Waals surface area contributed by atoms with Gasteiger partial charge in [0.05, 0.1) is 10.7 Å². The fourth-order valence-corrected chi connectivity index (χ4v) is 4.23. The fraction of sp³-hybridized carbons (Fsp3) is 0.444. The Kier molecular flexibility index (Phi) is 6.19. The summed E-state index contributed by atoms with van der Waals surface area (Å²) in [6, 6.07) is 4.68. The highest BCUT2D eigenvalue weighted by Crippen LogP contribution is 2.20. The van der Waals surface area contributed by atoms with E-state index in [9.17, 15) is 9.18 Å². The number of halogens is 2. The van der Waals surface area contributed by atoms with Gasteiger partial charge in [0, 0.05) is 28.9 Å². The van der Waals surface area contributed by atoms with E-state index >= 15 is 0 Å². The van der Waals surface area contributed by atoms with Gasteiger partial charge < -0.3 is 5.32 Å². The number of amides is 1. The second kappa shape index (κ2) is 8.38. The van der Waals surface area contributed by atoms with Crippen LogP contribution < -0.4 is 5.32 Å². The van der Waals surface area contributed by atoms with Crippen LogP contribution in [0.15, 0.2) is 28.1 Å². The molecule has 0 unspecified atom stereocenters. The van der Waals surface area contributed by atoms with Crippen molar-refractivity contribution in [1.82, 2.24) is 15.2 Å². The smallest absolute Gasteiger partial charge is 0.223 e. The van der Waals surface area contributed by atoms with Gasteiger partial charge in [0.25, 0.3) is 0 Å². The first kappa shape index (κ1) is 18.5. The number of benzene rings is 1. The van der Waals surface area contributed by atoms with Crippen molar-refractivity contribution in [2.75, 3.05) is 13.1 Å². The summed E-state index contributed by atoms with van der Waals surface area (Å²) in [6.07, 6.45) is 1.70. The zero-order valence-corrected chi connectivity index (χ0v) is 16.5. The van der Waals surface area contributed by atoms with Crippen LogP contribution in [0.25, 0.3) is 0 Å². The van der Waals surface area contributed by atoms with Crippen molar-refractivity contribution >= 4 is 33.2 Å². The van der Waals surface area contributed by atoms with Crippen molar-refractivity contribution in [2.24, 2.45) is 5.92 Å². The molecule has 7 heteroatoms. The average Bonchev–Trinajstić information content (AvgIpc) is 2.97. The number of piperidine rings is 1. The summed E-state index contributed by atoms with van der Waals surface area (Å²) in [4.78, 5) is 19.2. The maximum Gasteiger partial charge on any atom is 0.223 e. The molecule has 1 N–H and O–H groups in total. The summed E-state index contributed by atoms with van der Waals surface area (Å²) >= 11 is 4.94. The molecule has 2 aromatic rings. The maximum absolute atomic E-state index is 13.4. The third-order valence-electron chi connectivity index (χ3n) is 4.40. The topological polar surface area (TPSA) is 45.2 Å². The third kappa shape index (κ3) is 5.33. The number of carbonyl (C=O) groups is 1. The zero-order valence-electron chi connectivity index (χ0n) is 14.1. The van der Waals surface area contributed by atoms with Gasteiger partial charge >= 0.3 is 0 Å². The molecule has 1 aliphatic rings. The number of aryl methyl sites for hydroxylation is 1. The molecule has 25 heavy (non-hydrogen) atoms. The molecule has 2 heterocycles. The van der Waals surface area contributed by atoms with E-state index in [1.165, 1.54) is 12.1 Å². The highest BCUT2D eigenvalue weighted by Gasteiger charge is 2.25. The molecule has 3 rings (SSSR count). The summed E-state index contributed by atoms with van der Waals surface area (Å²) in [7, 11) is 0. The first-order chi connectivity index (χ1) is 12.0. The van der Waals surface area contributed by atoms with Crippen molar-refractivity contribution in [1.29, 1.82) is 0 Å². The van der Waals surface area contributed by atoms with E-state index in [0.29, 0.717) is 11.0 Å². The van der Waals surface area contributed by atoms with Crippen LogP contribution in [0.4, 0.5) is 4.39 Å². The molecule has 0 bridgehead atoms. The van der Waals surface area contributed by atoms with E-state index in [1.54, 1.807) is 11.3 Å². The minimum Gasteiger partial charge on any atom is -0.352 e. The number of aromatic nitrogens is 1. The van der Waals surface area contributed by atoms with Gasteiger partial charge in [0.2, 0.25) is 5.91 Å². The monoisotopic (exact) mass is 425 g/mol. The van der Waals surface area contributed by atoms with E-state index in [2.05, 4.69) is 36.5 Å². The van der Waals surface area contributed by atoms with Crippen LogP contribution in [0.2, 0.25) is 0 Å². The number of hydrogen-bond donors (Lipinski definition) is 1. The number of carbonyl (C=O) groups excluding carboxylic acids is 1. The Hall–Kier alpha value is -1.31. The highest BCUT2D eigenvalue weighted by molar-refractivity contribution is 9.10. The van der Waals surface area contributed by atoms with Crippen LogP contribution in [-0.4, -0.2) is 28.9 Å². The zero-order chi connectivity index (χ0) is 17.8. The van der Waals surface area contributed by atoms with E-state index in [0.717, 1.165) is 48.7 Å². The Morgan fingerprint density at radius 3 is 2.80 bits per heavy atom. The number of likely N-dealkylation sites (tertiary alicyclic amines) is 1. The first-order valence-corrected chi connectivity index (χ1v) is 10.0. The summed E-state index contributed by atoms with van der Waals surface area (Å²) < 4.78 is 14.1. The van der Waals surface area contributed by atoms with Gasteiger partial charge in [-0.15, -0.1) is 11.3 Å². The Balaban J connectivity index is 1.45. The van der Waals surface area contributed by atoms with Gasteiger partial charge in [-0.25, -0.2) is 9.37 Å². The van der Waals surface area contributed by atoms with Crippen LogP contribution in [-0.2, 0) is 17.9 Å². The van der Waals surface area contributed by atoms with Crippen LogP contribution in [0.1, 0.15) is 29.1 Å². The summed E-state index contributed by atoms with van der Waals surface area (Å²) in [5, 5.41) is 6.13. The van der Waals surface area contributed by atoms with Crippen molar-refractivity contribution in [3.63, 3.8) is 0 Å². The Labute approximate surface area is 159 Å². The predicted octanol–water partition coefficient (Wildman–Crippen LogP) is 3.88. The summed E-state index contributed by atoms with van der Waals surface area (Å²) in [6.45, 7) is 5.03. The lowest BCUT2D eigenvalue weighted by Crippen LogP contribution is -2.40. The van der Waals surface area contributed by atoms with Crippen LogP contribution >= 0.6 is 27.3 Å². The van der Waals surface area contributed by atoms with Crippen molar-refractivity contribution in [2.45, 2.75) is 32.9 Å². The lowest BCUT2D eigenvalue weighted by Gasteiger charge is -2.30. The molecule has 0 saturated carbocycles. The maximum atomic E-state index is 13.4. The molecule has 1 saturated heterocycles. The van der Waals surface area contributed by atoms with Crippen LogP contribution in [0, 0.1) is 18.7 Å². The third-order valence-corrected chi connectivity index (χ3v) is 5.68. The second-order valence-corrected chi connectivity index (χ2v) is 8.38. The molecule has 0 spiro atoms. The van der Waals surface area contributed by atoms with Gasteiger partial charge in [-0.3, -0.25) is 9.69 Å². The second-order valence-electron chi connectivity index (χ2n) is 6.40. The Bertz CT molecular complexity index is 723. The highest BCUT2D eigenvalue weighted by atomic mass is 79.9. The lowest BCUT2D eigenvalue weighted by molar-refractivity contribution is -0.126. The molecular formula is C18H21BrFN3OS. The number of nitrogens with zero attached hydrogens (tertiary/aromatic N) is 2. The molecule has 134 valence electrons. The number of nitrogens with one attached hydrogen (secondary N) is 1. The largest absolute Gasteiger partial charge is 0.352 e. The van der Waals surface area contributed by atoms with Crippen molar-refractivity contribution in [3.05, 3.63) is 50.1 Å². The number of rotatable bonds is 5. The normalized spacial score (nSPS) is 16.1. The molecule has 1 aromatic heterocycles. The molecule has 1 aromatic carbocycles. The molecule has 1 aliphatic heterocycles. The van der Waals surface area contributed by atoms with E-state index < -0.39 is 0 Å². The molecule has 1 amide bonds. The summed E-state index contributed by atoms with van der Waals surface area (Å²) in [5.74, 6) is -0.209. The SMILES string of the molecule is Cc1nc(CN2CCC(C(=O)NCc3cc(F)cc(Br)c3)CC2)cs1. The van der Waals surface area contributed by atoms with Crippen molar-refractivity contribution in [3.8, 4) is 0 Å². The quantitative estimate of drug-likeness (QED) is 0.790. The van der Waals surface area contributed by atoms with E-state index in [1.807, 2.05) is 13.0 Å². The van der Waals surface area contributed by atoms with E-state index in [-0.39, 0.29) is 17.6 Å². The molecule has 0 radical (unpaired) electrons. The van der Waals surface area contributed by atoms with Crippen molar-refractivity contribution < 1.29 is 9.18 Å². The molecule has 4 nitrogen and oxygen atoms in total. The van der Waals surface area contributed by atoms with E-state index in [4.69, 9.17) is 0 Å². The number of hydrogen-bond acceptors (Lipinski definition) is 4. The molecule has 0 atom stereocenters. The lowest BCUT2D eigenvalue weighted by atomic mass is 9.95. The standard InChI is InChI=1S/C18H21BrFN3OS/c1-12-22-17(11-25-12)10-23-4-2-14(3-5-23)18(24)21-9-13-6-15(19)8-16(20)7-13/h6-8,11,14H,2-5,9-10H2,1H3,(H,21,24). The first-order valence-electron chi connectivity index (χ1n) is 8.35. The Morgan fingerprint density at radius 1 is 1.40 bits per heavy atom. The predicted molar refractivity (Wildman–Crippen MR) is 101 cm³/mol. The number of thiazole rings is 1. The van der Waals surface area contributed by atoms with Gasteiger partial charge in [-0.1, -0.05) is 15.9 Å². The van der Waals surface area contributed by atoms with Gasteiger partial charge in [0.15, 0.2) is 0 Å². The Morgan fingerprint density at radius 2 is 2.16 bits per heavy atom. The molecule has 1 fully saturated rings. The summed E-state index contributed by atoms with van der Waals surface area (Å²) in [5.41, 5.74) is 1.87. The molecular weight excluding hydrogens is 405 g/mol. The average molecular weight is 426 g/mol. The van der Waals surface area contributed by atoms with Crippen LogP contribution in [0.5, 0.6) is 0 Å². The van der Waals surface area contributed by atoms with Gasteiger partial charge in [-0.05, 0) is 56.6 Å². The minimum atomic E-state index is -0.302. The minimum absolute atomic E-state index is 0.0328. The fourth-order valence-electron chi connectivity index (χ4n) is 3.11. The van der Waals surface area contributed by atoms with Gasteiger partial charge in [0.1, 0.15) is 5.82 Å². The molecule has 0 aliphatic carbocycles. The van der Waals surface area contributed by atoms with Crippen LogP contribution in [0.3, 0.4) is 0 Å². The van der Waals surface area contributed by atoms with Gasteiger partial charge in [-0.2, -0.15) is 0 Å².